The molecule has 6 nitrogen and oxygen atoms in total. The number of amides is 1. The third kappa shape index (κ3) is 6.89. The molecule has 0 unspecified atom stereocenters. The molecule has 0 spiro atoms. The Labute approximate surface area is 198 Å². The smallest absolute Gasteiger partial charge is 0.310 e. The summed E-state index contributed by atoms with van der Waals surface area (Å²) in [4.78, 5) is 28.8. The lowest BCUT2D eigenvalue weighted by atomic mass is 10.1. The maximum atomic E-state index is 12.9. The molecular formula is C27H28FN3O3. The highest BCUT2D eigenvalue weighted by Gasteiger charge is 2.17. The third-order valence-corrected chi connectivity index (χ3v) is 5.76. The van der Waals surface area contributed by atoms with Crippen LogP contribution in [0.2, 0.25) is 0 Å². The lowest BCUT2D eigenvalue weighted by Gasteiger charge is -2.36. The van der Waals surface area contributed by atoms with E-state index in [-0.39, 0.29) is 18.8 Å². The number of halogens is 1. The Hall–Kier alpha value is -3.71. The number of benzene rings is 3. The minimum atomic E-state index is -0.538. The van der Waals surface area contributed by atoms with Gasteiger partial charge in [0, 0.05) is 44.1 Å². The number of nitrogens with zero attached hydrogens (tertiary/aromatic N) is 2. The van der Waals surface area contributed by atoms with Crippen molar-refractivity contribution < 1.29 is 18.7 Å². The van der Waals surface area contributed by atoms with Crippen LogP contribution >= 0.6 is 0 Å². The molecule has 1 aliphatic rings. The Morgan fingerprint density at radius 3 is 2.18 bits per heavy atom. The number of piperazine rings is 1. The number of ether oxygens (including phenoxy) is 1. The summed E-state index contributed by atoms with van der Waals surface area (Å²) < 4.78 is 18.0. The average Bonchev–Trinajstić information content (AvgIpc) is 2.86. The predicted molar refractivity (Wildman–Crippen MR) is 130 cm³/mol. The first-order valence-corrected chi connectivity index (χ1v) is 11.4. The molecule has 1 aliphatic heterocycles. The van der Waals surface area contributed by atoms with Gasteiger partial charge < -0.3 is 15.0 Å². The van der Waals surface area contributed by atoms with Gasteiger partial charge in [0.2, 0.25) is 0 Å². The van der Waals surface area contributed by atoms with Crippen molar-refractivity contribution in [2.75, 3.05) is 43.0 Å². The van der Waals surface area contributed by atoms with E-state index in [0.29, 0.717) is 11.3 Å². The number of carbonyl (C=O) groups is 2. The van der Waals surface area contributed by atoms with Crippen LogP contribution in [-0.2, 0) is 27.3 Å². The van der Waals surface area contributed by atoms with Crippen molar-refractivity contribution in [2.45, 2.75) is 13.0 Å². The van der Waals surface area contributed by atoms with Gasteiger partial charge in [-0.2, -0.15) is 0 Å². The number of esters is 1. The summed E-state index contributed by atoms with van der Waals surface area (Å²) in [6, 6.07) is 23.8. The second-order valence-electron chi connectivity index (χ2n) is 8.31. The van der Waals surface area contributed by atoms with Crippen molar-refractivity contribution in [1.29, 1.82) is 0 Å². The maximum absolute atomic E-state index is 12.9. The van der Waals surface area contributed by atoms with Gasteiger partial charge in [0.1, 0.15) is 5.82 Å². The van der Waals surface area contributed by atoms with Crippen LogP contribution in [0.25, 0.3) is 0 Å². The Morgan fingerprint density at radius 2 is 1.50 bits per heavy atom. The average molecular weight is 462 g/mol. The standard InChI is InChI=1S/C27H28FN3O3/c28-23-8-6-21(7-9-23)18-27(33)34-20-26(32)29-24-10-12-25(13-11-24)31-16-14-30(15-17-31)19-22-4-2-1-3-5-22/h1-13H,14-20H2,(H,29,32). The first-order valence-electron chi connectivity index (χ1n) is 11.4. The summed E-state index contributed by atoms with van der Waals surface area (Å²) in [5.41, 5.74) is 3.72. The maximum Gasteiger partial charge on any atom is 0.310 e. The zero-order chi connectivity index (χ0) is 23.8. The van der Waals surface area contributed by atoms with Crippen LogP contribution < -0.4 is 10.2 Å². The number of hydrogen-bond acceptors (Lipinski definition) is 5. The van der Waals surface area contributed by atoms with E-state index >= 15 is 0 Å². The highest BCUT2D eigenvalue weighted by atomic mass is 19.1. The van der Waals surface area contributed by atoms with E-state index in [9.17, 15) is 14.0 Å². The number of carbonyl (C=O) groups excluding carboxylic acids is 2. The lowest BCUT2D eigenvalue weighted by molar-refractivity contribution is -0.146. The molecule has 0 atom stereocenters. The van der Waals surface area contributed by atoms with Gasteiger partial charge in [0.05, 0.1) is 6.42 Å². The monoisotopic (exact) mass is 461 g/mol. The summed E-state index contributed by atoms with van der Waals surface area (Å²) in [5, 5.41) is 2.74. The zero-order valence-corrected chi connectivity index (χ0v) is 19.0. The van der Waals surface area contributed by atoms with Crippen LogP contribution in [0.3, 0.4) is 0 Å². The molecule has 0 bridgehead atoms. The third-order valence-electron chi connectivity index (χ3n) is 5.76. The summed E-state index contributed by atoms with van der Waals surface area (Å²) in [5.74, 6) is -1.31. The van der Waals surface area contributed by atoms with Gasteiger partial charge in [0.25, 0.3) is 5.91 Å². The molecule has 4 rings (SSSR count). The Balaban J connectivity index is 1.19. The quantitative estimate of drug-likeness (QED) is 0.516. The molecule has 1 N–H and O–H groups in total. The molecule has 0 aromatic heterocycles. The van der Waals surface area contributed by atoms with Crippen LogP contribution in [0.1, 0.15) is 11.1 Å². The molecule has 1 amide bonds. The fraction of sp³-hybridized carbons (Fsp3) is 0.259. The molecule has 3 aromatic rings. The van der Waals surface area contributed by atoms with Crippen molar-refractivity contribution in [3.8, 4) is 0 Å². The van der Waals surface area contributed by atoms with E-state index in [1.54, 1.807) is 0 Å². The number of anilines is 2. The first-order chi connectivity index (χ1) is 16.5. The van der Waals surface area contributed by atoms with Crippen molar-refractivity contribution >= 4 is 23.3 Å². The Morgan fingerprint density at radius 1 is 0.824 bits per heavy atom. The van der Waals surface area contributed by atoms with Gasteiger partial charge in [0.15, 0.2) is 6.61 Å². The minimum Gasteiger partial charge on any atom is -0.455 e. The van der Waals surface area contributed by atoms with Crippen molar-refractivity contribution in [2.24, 2.45) is 0 Å². The minimum absolute atomic E-state index is 0.0130. The second-order valence-corrected chi connectivity index (χ2v) is 8.31. The van der Waals surface area contributed by atoms with Crippen molar-refractivity contribution in [3.63, 3.8) is 0 Å². The number of nitrogens with one attached hydrogen (secondary N) is 1. The van der Waals surface area contributed by atoms with Crippen LogP contribution in [0.15, 0.2) is 78.9 Å². The molecule has 176 valence electrons. The topological polar surface area (TPSA) is 61.9 Å². The van der Waals surface area contributed by atoms with Crippen LogP contribution in [0.4, 0.5) is 15.8 Å². The molecule has 7 heteroatoms. The van der Waals surface area contributed by atoms with Crippen LogP contribution in [0, 0.1) is 5.82 Å². The highest BCUT2D eigenvalue weighted by Crippen LogP contribution is 2.20. The molecule has 34 heavy (non-hydrogen) atoms. The van der Waals surface area contributed by atoms with Gasteiger partial charge in [-0.1, -0.05) is 42.5 Å². The van der Waals surface area contributed by atoms with Crippen molar-refractivity contribution in [1.82, 2.24) is 4.90 Å². The number of rotatable bonds is 8. The normalized spacial score (nSPS) is 14.0. The van der Waals surface area contributed by atoms with Crippen LogP contribution in [0.5, 0.6) is 0 Å². The summed E-state index contributed by atoms with van der Waals surface area (Å²) >= 11 is 0. The van der Waals surface area contributed by atoms with Crippen LogP contribution in [-0.4, -0.2) is 49.6 Å². The predicted octanol–water partition coefficient (Wildman–Crippen LogP) is 3.87. The molecule has 0 radical (unpaired) electrons. The van der Waals surface area contributed by atoms with E-state index in [0.717, 1.165) is 38.4 Å². The molecule has 1 saturated heterocycles. The molecule has 0 aliphatic carbocycles. The second kappa shape index (κ2) is 11.4. The SMILES string of the molecule is O=C(COC(=O)Cc1ccc(F)cc1)Nc1ccc(N2CCN(Cc3ccccc3)CC2)cc1. The molecule has 3 aromatic carbocycles. The van der Waals surface area contributed by atoms with E-state index in [2.05, 4.69) is 39.4 Å². The molecule has 0 saturated carbocycles. The van der Waals surface area contributed by atoms with E-state index in [4.69, 9.17) is 4.74 Å². The van der Waals surface area contributed by atoms with Gasteiger partial charge >= 0.3 is 5.97 Å². The van der Waals surface area contributed by atoms with Gasteiger partial charge in [-0.3, -0.25) is 14.5 Å². The Bertz CT molecular complexity index is 1080. The zero-order valence-electron chi connectivity index (χ0n) is 19.0. The fourth-order valence-corrected chi connectivity index (χ4v) is 3.92. The first kappa shape index (κ1) is 23.4. The summed E-state index contributed by atoms with van der Waals surface area (Å²) in [6.07, 6.45) is -0.0130. The number of hydrogen-bond donors (Lipinski definition) is 1. The molecule has 1 fully saturated rings. The van der Waals surface area contributed by atoms with E-state index < -0.39 is 11.9 Å². The Kier molecular flexibility index (Phi) is 7.88. The summed E-state index contributed by atoms with van der Waals surface area (Å²) in [6.45, 7) is 4.48. The van der Waals surface area contributed by atoms with Gasteiger partial charge in [-0.25, -0.2) is 4.39 Å². The largest absolute Gasteiger partial charge is 0.455 e. The summed E-state index contributed by atoms with van der Waals surface area (Å²) in [7, 11) is 0. The molecular weight excluding hydrogens is 433 g/mol. The van der Waals surface area contributed by atoms with Crippen molar-refractivity contribution in [3.05, 3.63) is 95.8 Å². The molecule has 1 heterocycles. The van der Waals surface area contributed by atoms with Gasteiger partial charge in [-0.05, 0) is 47.5 Å². The van der Waals surface area contributed by atoms with E-state index in [1.165, 1.54) is 29.8 Å². The highest BCUT2D eigenvalue weighted by molar-refractivity contribution is 5.93. The van der Waals surface area contributed by atoms with E-state index in [1.807, 2.05) is 30.3 Å². The van der Waals surface area contributed by atoms with Gasteiger partial charge in [-0.15, -0.1) is 0 Å². The lowest BCUT2D eigenvalue weighted by Crippen LogP contribution is -2.45. The fourth-order valence-electron chi connectivity index (χ4n) is 3.92.